The minimum absolute atomic E-state index is 0.375. The molecule has 0 saturated carbocycles. The highest BCUT2D eigenvalue weighted by atomic mass is 127. The largest absolute Gasteiger partial charge is 0.399 e. The topological polar surface area (TPSA) is 38.0 Å². The van der Waals surface area contributed by atoms with Crippen LogP contribution in [0.5, 0.6) is 0 Å². The van der Waals surface area contributed by atoms with Crippen LogP contribution < -0.4 is 11.1 Å². The molecule has 0 aliphatic rings. The van der Waals surface area contributed by atoms with Crippen LogP contribution in [0.1, 0.15) is 0 Å². The van der Waals surface area contributed by atoms with Crippen molar-refractivity contribution in [3.63, 3.8) is 0 Å². The Morgan fingerprint density at radius 3 is 2.47 bits per heavy atom. The SMILES string of the molecule is Nc1ccc(Nc2ccc(Cl)cc2F)c(I)c1. The summed E-state index contributed by atoms with van der Waals surface area (Å²) in [7, 11) is 0. The van der Waals surface area contributed by atoms with Crippen molar-refractivity contribution >= 4 is 51.3 Å². The lowest BCUT2D eigenvalue weighted by molar-refractivity contribution is 0.632. The molecule has 2 nitrogen and oxygen atoms in total. The fourth-order valence-electron chi connectivity index (χ4n) is 1.37. The quantitative estimate of drug-likeness (QED) is 0.613. The van der Waals surface area contributed by atoms with E-state index in [0.717, 1.165) is 9.26 Å². The lowest BCUT2D eigenvalue weighted by Gasteiger charge is -2.10. The van der Waals surface area contributed by atoms with Gasteiger partial charge in [-0.2, -0.15) is 0 Å². The Bertz CT molecular complexity index is 511. The Morgan fingerprint density at radius 2 is 1.82 bits per heavy atom. The summed E-state index contributed by atoms with van der Waals surface area (Å²) in [5, 5.41) is 3.37. The molecule has 5 heteroatoms. The number of rotatable bonds is 2. The molecule has 0 unspecified atom stereocenters. The van der Waals surface area contributed by atoms with Crippen molar-refractivity contribution in [2.45, 2.75) is 0 Å². The van der Waals surface area contributed by atoms with Crippen molar-refractivity contribution in [2.24, 2.45) is 0 Å². The Kier molecular flexibility index (Phi) is 3.73. The summed E-state index contributed by atoms with van der Waals surface area (Å²) in [6.45, 7) is 0. The zero-order chi connectivity index (χ0) is 12.4. The van der Waals surface area contributed by atoms with Crippen molar-refractivity contribution in [2.75, 3.05) is 11.1 Å². The number of hydrogen-bond donors (Lipinski definition) is 2. The van der Waals surface area contributed by atoms with Crippen molar-refractivity contribution in [1.82, 2.24) is 0 Å². The van der Waals surface area contributed by atoms with Crippen molar-refractivity contribution in [1.29, 1.82) is 0 Å². The molecule has 17 heavy (non-hydrogen) atoms. The molecule has 0 aromatic heterocycles. The molecule has 88 valence electrons. The van der Waals surface area contributed by atoms with Crippen molar-refractivity contribution in [3.05, 3.63) is 50.8 Å². The molecule has 0 fully saturated rings. The maximum Gasteiger partial charge on any atom is 0.148 e. The van der Waals surface area contributed by atoms with Crippen LogP contribution in [-0.2, 0) is 0 Å². The Hall–Kier alpha value is -1.01. The van der Waals surface area contributed by atoms with Crippen LogP contribution >= 0.6 is 34.2 Å². The van der Waals surface area contributed by atoms with E-state index in [2.05, 4.69) is 27.9 Å². The minimum atomic E-state index is -0.384. The predicted molar refractivity (Wildman–Crippen MR) is 78.3 cm³/mol. The summed E-state index contributed by atoms with van der Waals surface area (Å²) < 4.78 is 14.5. The van der Waals surface area contributed by atoms with Gasteiger partial charge in [0.25, 0.3) is 0 Å². The third kappa shape index (κ3) is 3.01. The maximum absolute atomic E-state index is 13.6. The van der Waals surface area contributed by atoms with Crippen molar-refractivity contribution in [3.8, 4) is 0 Å². The highest BCUT2D eigenvalue weighted by Crippen LogP contribution is 2.27. The van der Waals surface area contributed by atoms with E-state index in [4.69, 9.17) is 17.3 Å². The molecule has 0 heterocycles. The summed E-state index contributed by atoms with van der Waals surface area (Å²) in [5.41, 5.74) is 7.52. The van der Waals surface area contributed by atoms with Gasteiger partial charge in [-0.1, -0.05) is 11.6 Å². The van der Waals surface area contributed by atoms with Crippen LogP contribution in [0.15, 0.2) is 36.4 Å². The van der Waals surface area contributed by atoms with Gasteiger partial charge in [0.05, 0.1) is 11.4 Å². The van der Waals surface area contributed by atoms with Crippen LogP contribution in [0.25, 0.3) is 0 Å². The highest BCUT2D eigenvalue weighted by Gasteiger charge is 2.05. The zero-order valence-corrected chi connectivity index (χ0v) is 11.6. The number of anilines is 3. The second-order valence-electron chi connectivity index (χ2n) is 3.49. The molecular formula is C12H9ClFIN2. The fraction of sp³-hybridized carbons (Fsp3) is 0. The van der Waals surface area contributed by atoms with E-state index < -0.39 is 0 Å². The number of benzene rings is 2. The Labute approximate surface area is 117 Å². The summed E-state index contributed by atoms with van der Waals surface area (Å²) in [6.07, 6.45) is 0. The van der Waals surface area contributed by atoms with Gasteiger partial charge < -0.3 is 11.1 Å². The number of nitrogens with one attached hydrogen (secondary N) is 1. The molecule has 0 aliphatic heterocycles. The minimum Gasteiger partial charge on any atom is -0.399 e. The molecule has 0 atom stereocenters. The van der Waals surface area contributed by atoms with Crippen LogP contribution in [0, 0.1) is 9.39 Å². The molecule has 0 saturated heterocycles. The van der Waals surface area contributed by atoms with Gasteiger partial charge in [-0.05, 0) is 59.0 Å². The van der Waals surface area contributed by atoms with E-state index in [1.54, 1.807) is 18.2 Å². The van der Waals surface area contributed by atoms with Gasteiger partial charge in [-0.25, -0.2) is 4.39 Å². The van der Waals surface area contributed by atoms with E-state index in [0.29, 0.717) is 16.4 Å². The first-order valence-electron chi connectivity index (χ1n) is 4.83. The molecular weight excluding hydrogens is 354 g/mol. The average molecular weight is 363 g/mol. The van der Waals surface area contributed by atoms with Gasteiger partial charge in [0.2, 0.25) is 0 Å². The van der Waals surface area contributed by atoms with Crippen LogP contribution in [-0.4, -0.2) is 0 Å². The normalized spacial score (nSPS) is 10.3. The van der Waals surface area contributed by atoms with Crippen LogP contribution in [0.2, 0.25) is 5.02 Å². The second-order valence-corrected chi connectivity index (χ2v) is 5.09. The standard InChI is InChI=1S/C12H9ClFIN2/c13-7-1-3-11(9(14)5-7)17-12-4-2-8(16)6-10(12)15/h1-6,17H,16H2. The summed E-state index contributed by atoms with van der Waals surface area (Å²) in [6, 6.07) is 9.90. The maximum atomic E-state index is 13.6. The van der Waals surface area contributed by atoms with E-state index in [9.17, 15) is 4.39 Å². The Balaban J connectivity index is 2.31. The van der Waals surface area contributed by atoms with Gasteiger partial charge in [0.15, 0.2) is 0 Å². The van der Waals surface area contributed by atoms with Gasteiger partial charge in [0, 0.05) is 14.3 Å². The third-order valence-corrected chi connectivity index (χ3v) is 3.32. The molecule has 2 aromatic carbocycles. The predicted octanol–water partition coefficient (Wildman–Crippen LogP) is 4.41. The number of nitrogens with two attached hydrogens (primary N) is 1. The highest BCUT2D eigenvalue weighted by molar-refractivity contribution is 14.1. The number of halogens is 3. The van der Waals surface area contributed by atoms with Gasteiger partial charge >= 0.3 is 0 Å². The first kappa shape index (κ1) is 12.4. The molecule has 0 bridgehead atoms. The molecule has 0 amide bonds. The van der Waals surface area contributed by atoms with Crippen molar-refractivity contribution < 1.29 is 4.39 Å². The van der Waals surface area contributed by atoms with E-state index in [-0.39, 0.29) is 5.82 Å². The number of hydrogen-bond acceptors (Lipinski definition) is 2. The van der Waals surface area contributed by atoms with Gasteiger partial charge in [0.1, 0.15) is 5.82 Å². The van der Waals surface area contributed by atoms with Gasteiger partial charge in [-0.15, -0.1) is 0 Å². The van der Waals surface area contributed by atoms with Crippen LogP contribution in [0.4, 0.5) is 21.5 Å². The van der Waals surface area contributed by atoms with E-state index >= 15 is 0 Å². The average Bonchev–Trinajstić information content (AvgIpc) is 2.25. The molecule has 3 N–H and O–H groups in total. The van der Waals surface area contributed by atoms with E-state index in [1.165, 1.54) is 6.07 Å². The third-order valence-electron chi connectivity index (χ3n) is 2.19. The first-order valence-corrected chi connectivity index (χ1v) is 6.29. The van der Waals surface area contributed by atoms with Crippen LogP contribution in [0.3, 0.4) is 0 Å². The fourth-order valence-corrected chi connectivity index (χ4v) is 2.20. The summed E-state index contributed by atoms with van der Waals surface area (Å²) >= 11 is 7.83. The summed E-state index contributed by atoms with van der Waals surface area (Å²) in [4.78, 5) is 0. The van der Waals surface area contributed by atoms with E-state index in [1.807, 2.05) is 12.1 Å². The Morgan fingerprint density at radius 1 is 1.12 bits per heavy atom. The van der Waals surface area contributed by atoms with Gasteiger partial charge in [-0.3, -0.25) is 0 Å². The number of nitrogen functional groups attached to an aromatic ring is 1. The second kappa shape index (κ2) is 5.10. The smallest absolute Gasteiger partial charge is 0.148 e. The lowest BCUT2D eigenvalue weighted by Crippen LogP contribution is -1.97. The molecule has 0 radical (unpaired) electrons. The molecule has 0 aliphatic carbocycles. The first-order chi connectivity index (χ1) is 8.06. The molecule has 2 aromatic rings. The molecule has 0 spiro atoms. The zero-order valence-electron chi connectivity index (χ0n) is 8.68. The monoisotopic (exact) mass is 362 g/mol. The summed E-state index contributed by atoms with van der Waals surface area (Å²) in [5.74, 6) is -0.384. The lowest BCUT2D eigenvalue weighted by atomic mass is 10.2. The molecule has 2 rings (SSSR count).